The Kier molecular flexibility index (Phi) is 6.63. The number of halogens is 3. The molecule has 7 nitrogen and oxygen atoms in total. The first-order chi connectivity index (χ1) is 18.1. The summed E-state index contributed by atoms with van der Waals surface area (Å²) >= 11 is 6.04. The smallest absolute Gasteiger partial charge is 0.284 e. The van der Waals surface area contributed by atoms with Crippen LogP contribution in [-0.2, 0) is 12.0 Å². The van der Waals surface area contributed by atoms with Gasteiger partial charge in [0.05, 0.1) is 25.1 Å². The highest BCUT2D eigenvalue weighted by molar-refractivity contribution is 6.30. The number of hydrogen-bond donors (Lipinski definition) is 2. The minimum Gasteiger partial charge on any atom is -0.495 e. The molecule has 0 aliphatic carbocycles. The van der Waals surface area contributed by atoms with Crippen LogP contribution in [-0.4, -0.2) is 54.8 Å². The second-order valence-corrected chi connectivity index (χ2v) is 9.78. The Morgan fingerprint density at radius 1 is 1.08 bits per heavy atom. The van der Waals surface area contributed by atoms with Crippen LogP contribution in [0.15, 0.2) is 60.7 Å². The minimum atomic E-state index is -3.73. The van der Waals surface area contributed by atoms with Gasteiger partial charge in [0.2, 0.25) is 0 Å². The van der Waals surface area contributed by atoms with Crippen LogP contribution >= 0.6 is 11.6 Å². The first-order valence-electron chi connectivity index (χ1n) is 12.0. The lowest BCUT2D eigenvalue weighted by molar-refractivity contribution is -0.205. The largest absolute Gasteiger partial charge is 0.495 e. The van der Waals surface area contributed by atoms with Crippen LogP contribution in [0.5, 0.6) is 5.75 Å². The average molecular weight is 543 g/mol. The molecule has 0 saturated heterocycles. The highest BCUT2D eigenvalue weighted by Gasteiger charge is 2.56. The van der Waals surface area contributed by atoms with Crippen molar-refractivity contribution in [2.75, 3.05) is 36.6 Å². The standard InChI is InChI=1S/C28H25ClF2N2O5/c1-38-24-14-18(6-8-23(24)32-12-10-17-4-2-3-5-20(17)26(32)36)25(35)33-13-11-28(30,31)27(37,16-34)21-15-19(29)7-9-22(21)33/h2-9,14-15,34,37H,10-13,16H2,1H3/t27-/m0/s1. The monoisotopic (exact) mass is 542 g/mol. The van der Waals surface area contributed by atoms with Crippen LogP contribution in [0.1, 0.15) is 38.3 Å². The van der Waals surface area contributed by atoms with Crippen molar-refractivity contribution in [3.63, 3.8) is 0 Å². The van der Waals surface area contributed by atoms with Crippen molar-refractivity contribution in [2.45, 2.75) is 24.4 Å². The van der Waals surface area contributed by atoms with Crippen molar-refractivity contribution in [3.8, 4) is 5.75 Å². The number of fused-ring (bicyclic) bond motifs is 2. The summed E-state index contributed by atoms with van der Waals surface area (Å²) in [6.07, 6.45) is -0.236. The summed E-state index contributed by atoms with van der Waals surface area (Å²) in [4.78, 5) is 29.5. The molecule has 0 spiro atoms. The molecule has 0 radical (unpaired) electrons. The van der Waals surface area contributed by atoms with Gasteiger partial charge in [-0.3, -0.25) is 9.59 Å². The van der Waals surface area contributed by atoms with E-state index in [0.717, 1.165) is 16.5 Å². The van der Waals surface area contributed by atoms with Gasteiger partial charge in [-0.25, -0.2) is 8.78 Å². The highest BCUT2D eigenvalue weighted by Crippen LogP contribution is 2.47. The molecular weight excluding hydrogens is 518 g/mol. The molecule has 3 aromatic carbocycles. The first kappa shape index (κ1) is 26.1. The summed E-state index contributed by atoms with van der Waals surface area (Å²) in [7, 11) is 1.42. The van der Waals surface area contributed by atoms with E-state index in [1.165, 1.54) is 31.4 Å². The van der Waals surface area contributed by atoms with Gasteiger partial charge < -0.3 is 24.7 Å². The van der Waals surface area contributed by atoms with E-state index in [0.29, 0.717) is 24.2 Å². The number of carbonyl (C=O) groups excluding carboxylic acids is 2. The molecule has 2 aliphatic heterocycles. The van der Waals surface area contributed by atoms with Crippen LogP contribution < -0.4 is 14.5 Å². The number of carbonyl (C=O) groups is 2. The maximum absolute atomic E-state index is 15.0. The fourth-order valence-corrected chi connectivity index (χ4v) is 5.28. The molecule has 0 fully saturated rings. The number of methoxy groups -OCH3 is 1. The van der Waals surface area contributed by atoms with Crippen molar-refractivity contribution in [1.82, 2.24) is 0 Å². The molecule has 1 atom stereocenters. The van der Waals surface area contributed by atoms with Crippen molar-refractivity contribution in [1.29, 1.82) is 0 Å². The van der Waals surface area contributed by atoms with Crippen LogP contribution in [0.4, 0.5) is 20.2 Å². The molecule has 2 heterocycles. The van der Waals surface area contributed by atoms with Crippen LogP contribution in [0.3, 0.4) is 0 Å². The molecule has 2 amide bonds. The van der Waals surface area contributed by atoms with Gasteiger partial charge in [0, 0.05) is 41.2 Å². The van der Waals surface area contributed by atoms with Gasteiger partial charge in [0.1, 0.15) is 5.75 Å². The summed E-state index contributed by atoms with van der Waals surface area (Å²) < 4.78 is 35.6. The predicted molar refractivity (Wildman–Crippen MR) is 138 cm³/mol. The predicted octanol–water partition coefficient (Wildman–Crippen LogP) is 4.42. The lowest BCUT2D eigenvalue weighted by Gasteiger charge is -2.33. The number of aliphatic hydroxyl groups excluding tert-OH is 1. The fourth-order valence-electron chi connectivity index (χ4n) is 5.11. The summed E-state index contributed by atoms with van der Waals surface area (Å²) in [6, 6.07) is 15.8. The van der Waals surface area contributed by atoms with E-state index in [2.05, 4.69) is 0 Å². The molecule has 0 unspecified atom stereocenters. The van der Waals surface area contributed by atoms with E-state index in [9.17, 15) is 19.8 Å². The van der Waals surface area contributed by atoms with E-state index in [-0.39, 0.29) is 33.5 Å². The van der Waals surface area contributed by atoms with Crippen LogP contribution in [0.2, 0.25) is 5.02 Å². The molecule has 0 saturated carbocycles. The van der Waals surface area contributed by atoms with Gasteiger partial charge in [-0.1, -0.05) is 29.8 Å². The second-order valence-electron chi connectivity index (χ2n) is 9.34. The van der Waals surface area contributed by atoms with Gasteiger partial charge in [-0.15, -0.1) is 0 Å². The SMILES string of the molecule is COc1cc(C(=O)N2CCC(F)(F)[C@](O)(CO)c3cc(Cl)ccc32)ccc1N1CCc2ccccc2C1=O. The zero-order valence-electron chi connectivity index (χ0n) is 20.5. The third-order valence-electron chi connectivity index (χ3n) is 7.24. The zero-order chi connectivity index (χ0) is 27.2. The first-order valence-corrected chi connectivity index (χ1v) is 12.4. The Hall–Kier alpha value is -3.53. The summed E-state index contributed by atoms with van der Waals surface area (Å²) in [5.41, 5.74) is -1.09. The van der Waals surface area contributed by atoms with Crippen molar-refractivity contribution in [3.05, 3.63) is 87.9 Å². The fraction of sp³-hybridized carbons (Fsp3) is 0.286. The number of rotatable bonds is 4. The lowest BCUT2D eigenvalue weighted by atomic mass is 9.86. The van der Waals surface area contributed by atoms with E-state index >= 15 is 8.78 Å². The average Bonchev–Trinajstić information content (AvgIpc) is 3.00. The second kappa shape index (κ2) is 9.65. The van der Waals surface area contributed by atoms with E-state index in [1.54, 1.807) is 23.1 Å². The number of amides is 2. The molecule has 0 aromatic heterocycles. The molecular formula is C28H25ClF2N2O5. The van der Waals surface area contributed by atoms with Gasteiger partial charge in [0.25, 0.3) is 17.7 Å². The van der Waals surface area contributed by atoms with Crippen molar-refractivity contribution < 1.29 is 33.3 Å². The van der Waals surface area contributed by atoms with E-state index < -0.39 is 37.0 Å². The van der Waals surface area contributed by atoms with Gasteiger partial charge in [0.15, 0.2) is 5.60 Å². The summed E-state index contributed by atoms with van der Waals surface area (Å²) in [5.74, 6) is -4.27. The van der Waals surface area contributed by atoms with E-state index in [4.69, 9.17) is 16.3 Å². The Bertz CT molecular complexity index is 1430. The summed E-state index contributed by atoms with van der Waals surface area (Å²) in [5, 5.41) is 20.7. The van der Waals surface area contributed by atoms with Crippen LogP contribution in [0, 0.1) is 0 Å². The molecule has 38 heavy (non-hydrogen) atoms. The number of ether oxygens (including phenoxy) is 1. The Morgan fingerprint density at radius 2 is 1.82 bits per heavy atom. The number of anilines is 2. The lowest BCUT2D eigenvalue weighted by Crippen LogP contribution is -2.48. The molecule has 0 bridgehead atoms. The number of hydrogen-bond acceptors (Lipinski definition) is 5. The summed E-state index contributed by atoms with van der Waals surface area (Å²) in [6.45, 7) is -1.26. The molecule has 5 rings (SSSR count). The Balaban J connectivity index is 1.52. The Morgan fingerprint density at radius 3 is 2.55 bits per heavy atom. The highest BCUT2D eigenvalue weighted by atomic mass is 35.5. The third-order valence-corrected chi connectivity index (χ3v) is 7.47. The number of benzene rings is 3. The van der Waals surface area contributed by atoms with E-state index in [1.807, 2.05) is 12.1 Å². The number of nitrogens with zero attached hydrogens (tertiary/aromatic N) is 2. The normalized spacial score (nSPS) is 20.4. The quantitative estimate of drug-likeness (QED) is 0.509. The number of alkyl halides is 2. The molecule has 3 aromatic rings. The third kappa shape index (κ3) is 4.11. The van der Waals surface area contributed by atoms with Gasteiger partial charge >= 0.3 is 0 Å². The van der Waals surface area contributed by atoms with Crippen molar-refractivity contribution in [2.24, 2.45) is 0 Å². The topological polar surface area (TPSA) is 90.3 Å². The molecule has 198 valence electrons. The maximum Gasteiger partial charge on any atom is 0.284 e. The Labute approximate surface area is 222 Å². The minimum absolute atomic E-state index is 0.0129. The van der Waals surface area contributed by atoms with Crippen molar-refractivity contribution >= 4 is 34.8 Å². The number of aliphatic hydroxyl groups is 2. The molecule has 2 aliphatic rings. The molecule has 2 N–H and O–H groups in total. The zero-order valence-corrected chi connectivity index (χ0v) is 21.2. The van der Waals surface area contributed by atoms with Crippen LogP contribution in [0.25, 0.3) is 0 Å². The molecule has 10 heteroatoms. The van der Waals surface area contributed by atoms with Gasteiger partial charge in [-0.2, -0.15) is 0 Å². The maximum atomic E-state index is 15.0. The van der Waals surface area contributed by atoms with Gasteiger partial charge in [-0.05, 0) is 54.4 Å².